The summed E-state index contributed by atoms with van der Waals surface area (Å²) in [5, 5.41) is 0. The normalized spacial score (nSPS) is 24.1. The minimum atomic E-state index is -0.272. The van der Waals surface area contributed by atoms with Crippen molar-refractivity contribution in [1.29, 1.82) is 0 Å². The lowest BCUT2D eigenvalue weighted by molar-refractivity contribution is 0.00578. The lowest BCUT2D eigenvalue weighted by atomic mass is 9.79. The van der Waals surface area contributed by atoms with Crippen LogP contribution in [-0.2, 0) is 15.7 Å². The first kappa shape index (κ1) is 16.0. The van der Waals surface area contributed by atoms with E-state index in [1.807, 2.05) is 0 Å². The molecule has 0 spiro atoms. The second-order valence-electron chi connectivity index (χ2n) is 7.63. The molecule has 2 aliphatic rings. The number of hydrogen-bond donors (Lipinski definition) is 0. The predicted octanol–water partition coefficient (Wildman–Crippen LogP) is 2.62. The number of benzene rings is 1. The molecule has 0 saturated carbocycles. The summed E-state index contributed by atoms with van der Waals surface area (Å²) in [6.45, 7) is 12.1. The molecule has 0 amide bonds. The standard InChI is InChI=1S/C18H28BNO2/c1-17(2)18(3,4)22-19(21-17)16-9-7-15(8-10-16)11-14-20-12-5-6-13-20/h7-10H,5-6,11-14H2,1-4H3. The first-order chi connectivity index (χ1) is 10.4. The fraction of sp³-hybridized carbons (Fsp3) is 0.667. The molecule has 0 bridgehead atoms. The maximum absolute atomic E-state index is 6.10. The van der Waals surface area contributed by atoms with E-state index in [9.17, 15) is 0 Å². The molecule has 2 saturated heterocycles. The third kappa shape index (κ3) is 3.24. The van der Waals surface area contributed by atoms with Gasteiger partial charge in [0.2, 0.25) is 0 Å². The number of nitrogens with zero attached hydrogens (tertiary/aromatic N) is 1. The summed E-state index contributed by atoms with van der Waals surface area (Å²) in [5.74, 6) is 0. The summed E-state index contributed by atoms with van der Waals surface area (Å²) in [5.41, 5.74) is 1.97. The van der Waals surface area contributed by atoms with Crippen LogP contribution in [-0.4, -0.2) is 42.9 Å². The highest BCUT2D eigenvalue weighted by molar-refractivity contribution is 6.62. The molecule has 0 radical (unpaired) electrons. The second kappa shape index (κ2) is 5.99. The van der Waals surface area contributed by atoms with Crippen molar-refractivity contribution < 1.29 is 9.31 Å². The van der Waals surface area contributed by atoms with Crippen LogP contribution in [0.3, 0.4) is 0 Å². The lowest BCUT2D eigenvalue weighted by Gasteiger charge is -2.32. The molecule has 3 nitrogen and oxygen atoms in total. The van der Waals surface area contributed by atoms with E-state index in [2.05, 4.69) is 56.9 Å². The Labute approximate surface area is 135 Å². The molecule has 1 aromatic carbocycles. The molecular formula is C18H28BNO2. The molecule has 2 heterocycles. The highest BCUT2D eigenvalue weighted by Gasteiger charge is 2.51. The predicted molar refractivity (Wildman–Crippen MR) is 91.5 cm³/mol. The molecule has 0 aromatic heterocycles. The molecule has 0 aliphatic carbocycles. The van der Waals surface area contributed by atoms with Gasteiger partial charge in [0.25, 0.3) is 0 Å². The molecule has 2 fully saturated rings. The zero-order chi connectivity index (χ0) is 15.8. The zero-order valence-corrected chi connectivity index (χ0v) is 14.4. The average Bonchev–Trinajstić information content (AvgIpc) is 3.04. The molecule has 3 rings (SSSR count). The molecule has 0 N–H and O–H groups in total. The van der Waals surface area contributed by atoms with E-state index in [-0.39, 0.29) is 18.3 Å². The van der Waals surface area contributed by atoms with Gasteiger partial charge in [-0.2, -0.15) is 0 Å². The van der Waals surface area contributed by atoms with E-state index in [4.69, 9.17) is 9.31 Å². The van der Waals surface area contributed by atoms with Crippen molar-refractivity contribution >= 4 is 12.6 Å². The Kier molecular flexibility index (Phi) is 4.37. The molecule has 2 aliphatic heterocycles. The SMILES string of the molecule is CC1(C)OB(c2ccc(CCN3CCCC3)cc2)OC1(C)C. The zero-order valence-electron chi connectivity index (χ0n) is 14.4. The van der Waals surface area contributed by atoms with Crippen LogP contribution in [0.1, 0.15) is 46.1 Å². The number of hydrogen-bond acceptors (Lipinski definition) is 3. The van der Waals surface area contributed by atoms with E-state index in [0.29, 0.717) is 0 Å². The molecule has 1 aromatic rings. The Balaban J connectivity index is 1.60. The topological polar surface area (TPSA) is 21.7 Å². The van der Waals surface area contributed by atoms with E-state index in [1.54, 1.807) is 0 Å². The van der Waals surface area contributed by atoms with Crippen LogP contribution in [0, 0.1) is 0 Å². The Morgan fingerprint density at radius 3 is 2.05 bits per heavy atom. The second-order valence-corrected chi connectivity index (χ2v) is 7.63. The Morgan fingerprint density at radius 1 is 0.955 bits per heavy atom. The molecule has 0 unspecified atom stereocenters. The van der Waals surface area contributed by atoms with Crippen molar-refractivity contribution in [2.24, 2.45) is 0 Å². The molecule has 22 heavy (non-hydrogen) atoms. The van der Waals surface area contributed by atoms with Crippen LogP contribution >= 0.6 is 0 Å². The smallest absolute Gasteiger partial charge is 0.399 e. The van der Waals surface area contributed by atoms with Gasteiger partial charge in [0, 0.05) is 6.54 Å². The summed E-state index contributed by atoms with van der Waals surface area (Å²) < 4.78 is 12.2. The Morgan fingerprint density at radius 2 is 1.50 bits per heavy atom. The van der Waals surface area contributed by atoms with Gasteiger partial charge in [0.1, 0.15) is 0 Å². The van der Waals surface area contributed by atoms with Crippen molar-refractivity contribution in [3.8, 4) is 0 Å². The first-order valence-electron chi connectivity index (χ1n) is 8.54. The molecular weight excluding hydrogens is 273 g/mol. The molecule has 120 valence electrons. The van der Waals surface area contributed by atoms with Gasteiger partial charge in [0.15, 0.2) is 0 Å². The summed E-state index contributed by atoms with van der Waals surface area (Å²) >= 11 is 0. The van der Waals surface area contributed by atoms with Crippen molar-refractivity contribution in [3.05, 3.63) is 29.8 Å². The van der Waals surface area contributed by atoms with Gasteiger partial charge in [-0.15, -0.1) is 0 Å². The molecule has 0 atom stereocenters. The maximum Gasteiger partial charge on any atom is 0.494 e. The summed E-state index contributed by atoms with van der Waals surface area (Å²) in [6, 6.07) is 8.75. The van der Waals surface area contributed by atoms with Gasteiger partial charge in [0.05, 0.1) is 11.2 Å². The van der Waals surface area contributed by atoms with Crippen LogP contribution in [0.25, 0.3) is 0 Å². The van der Waals surface area contributed by atoms with Crippen molar-refractivity contribution in [2.45, 2.75) is 58.2 Å². The number of rotatable bonds is 4. The Bertz CT molecular complexity index is 490. The van der Waals surface area contributed by atoms with Crippen LogP contribution in [0.5, 0.6) is 0 Å². The number of likely N-dealkylation sites (tertiary alicyclic amines) is 1. The molecule has 4 heteroatoms. The summed E-state index contributed by atoms with van der Waals surface area (Å²) in [6.07, 6.45) is 3.85. The van der Waals surface area contributed by atoms with E-state index < -0.39 is 0 Å². The highest BCUT2D eigenvalue weighted by Crippen LogP contribution is 2.36. The summed E-state index contributed by atoms with van der Waals surface area (Å²) in [7, 11) is -0.252. The monoisotopic (exact) mass is 301 g/mol. The van der Waals surface area contributed by atoms with E-state index in [0.717, 1.165) is 11.9 Å². The maximum atomic E-state index is 6.10. The van der Waals surface area contributed by atoms with Crippen molar-refractivity contribution in [2.75, 3.05) is 19.6 Å². The van der Waals surface area contributed by atoms with Crippen LogP contribution in [0.2, 0.25) is 0 Å². The fourth-order valence-corrected chi connectivity index (χ4v) is 3.11. The van der Waals surface area contributed by atoms with E-state index >= 15 is 0 Å². The van der Waals surface area contributed by atoms with Crippen LogP contribution in [0.4, 0.5) is 0 Å². The Hall–Kier alpha value is -0.835. The third-order valence-electron chi connectivity index (χ3n) is 5.42. The lowest BCUT2D eigenvalue weighted by Crippen LogP contribution is -2.41. The van der Waals surface area contributed by atoms with Crippen molar-refractivity contribution in [3.63, 3.8) is 0 Å². The van der Waals surface area contributed by atoms with E-state index in [1.165, 1.54) is 38.0 Å². The van der Waals surface area contributed by atoms with Gasteiger partial charge >= 0.3 is 7.12 Å². The van der Waals surface area contributed by atoms with Gasteiger partial charge < -0.3 is 14.2 Å². The summed E-state index contributed by atoms with van der Waals surface area (Å²) in [4.78, 5) is 2.56. The fourth-order valence-electron chi connectivity index (χ4n) is 3.11. The largest absolute Gasteiger partial charge is 0.494 e. The minimum Gasteiger partial charge on any atom is -0.399 e. The van der Waals surface area contributed by atoms with Gasteiger partial charge in [-0.25, -0.2) is 0 Å². The highest BCUT2D eigenvalue weighted by atomic mass is 16.7. The first-order valence-corrected chi connectivity index (χ1v) is 8.54. The van der Waals surface area contributed by atoms with Crippen LogP contribution < -0.4 is 5.46 Å². The quantitative estimate of drug-likeness (QED) is 0.798. The minimum absolute atomic E-state index is 0.252. The van der Waals surface area contributed by atoms with Crippen molar-refractivity contribution in [1.82, 2.24) is 4.90 Å². The third-order valence-corrected chi connectivity index (χ3v) is 5.42. The van der Waals surface area contributed by atoms with Gasteiger partial charge in [-0.1, -0.05) is 24.3 Å². The van der Waals surface area contributed by atoms with Gasteiger partial charge in [-0.3, -0.25) is 0 Å². The average molecular weight is 301 g/mol. The van der Waals surface area contributed by atoms with Crippen LogP contribution in [0.15, 0.2) is 24.3 Å². The van der Waals surface area contributed by atoms with Gasteiger partial charge in [-0.05, 0) is 71.1 Å².